The molecule has 3 fully saturated rings. The van der Waals surface area contributed by atoms with E-state index in [4.69, 9.17) is 0 Å². The number of hydrogen-bond donors (Lipinski definition) is 2. The number of carbonyl (C=O) groups is 1. The summed E-state index contributed by atoms with van der Waals surface area (Å²) in [5.41, 5.74) is 0. The molecule has 3 unspecified atom stereocenters. The zero-order chi connectivity index (χ0) is 17.1. The second-order valence-electron chi connectivity index (χ2n) is 7.89. The maximum atomic E-state index is 11.8. The van der Waals surface area contributed by atoms with Crippen LogP contribution in [0.3, 0.4) is 0 Å². The van der Waals surface area contributed by atoms with Crippen LogP contribution in [0.2, 0.25) is 0 Å². The zero-order valence-electron chi connectivity index (χ0n) is 15.8. The number of rotatable bonds is 4. The summed E-state index contributed by atoms with van der Waals surface area (Å²) in [5.74, 6) is 2.83. The first-order chi connectivity index (χ1) is 11.6. The van der Waals surface area contributed by atoms with Crippen molar-refractivity contribution in [1.29, 1.82) is 0 Å². The lowest BCUT2D eigenvalue weighted by atomic mass is 9.93. The number of nitrogens with zero attached hydrogens (tertiary/aromatic N) is 3. The lowest BCUT2D eigenvalue weighted by Crippen LogP contribution is -2.56. The zero-order valence-corrected chi connectivity index (χ0v) is 18.2. The van der Waals surface area contributed by atoms with Crippen LogP contribution >= 0.6 is 24.0 Å². The Morgan fingerprint density at radius 1 is 1.16 bits per heavy atom. The Morgan fingerprint density at radius 3 is 2.40 bits per heavy atom. The minimum atomic E-state index is 0. The molecule has 3 rings (SSSR count). The summed E-state index contributed by atoms with van der Waals surface area (Å²) >= 11 is 0. The predicted octanol–water partition coefficient (Wildman–Crippen LogP) is 1.51. The van der Waals surface area contributed by atoms with Crippen LogP contribution in [0.1, 0.15) is 39.5 Å². The number of nitrogens with one attached hydrogen (secondary N) is 2. The number of carbonyl (C=O) groups excluding carboxylic acids is 1. The molecule has 0 aromatic rings. The first-order valence-electron chi connectivity index (χ1n) is 9.55. The van der Waals surface area contributed by atoms with Crippen molar-refractivity contribution in [3.63, 3.8) is 0 Å². The lowest BCUT2D eigenvalue weighted by molar-refractivity contribution is -0.120. The molecule has 2 bridgehead atoms. The largest absolute Gasteiger partial charge is 0.352 e. The third-order valence-electron chi connectivity index (χ3n) is 5.85. The van der Waals surface area contributed by atoms with E-state index in [1.54, 1.807) is 7.05 Å². The van der Waals surface area contributed by atoms with E-state index in [0.717, 1.165) is 50.0 Å². The number of guanidine groups is 1. The van der Waals surface area contributed by atoms with E-state index in [-0.39, 0.29) is 42.5 Å². The molecule has 3 aliphatic rings. The summed E-state index contributed by atoms with van der Waals surface area (Å²) in [7, 11) is 1.80. The van der Waals surface area contributed by atoms with Gasteiger partial charge in [-0.15, -0.1) is 24.0 Å². The highest BCUT2D eigenvalue weighted by Crippen LogP contribution is 2.46. The van der Waals surface area contributed by atoms with Crippen molar-refractivity contribution < 1.29 is 4.79 Å². The van der Waals surface area contributed by atoms with E-state index in [2.05, 4.69) is 25.4 Å². The van der Waals surface area contributed by atoms with Crippen molar-refractivity contribution in [2.45, 2.75) is 51.6 Å². The van der Waals surface area contributed by atoms with Gasteiger partial charge in [-0.2, -0.15) is 0 Å². The molecule has 25 heavy (non-hydrogen) atoms. The molecule has 2 N–H and O–H groups in total. The van der Waals surface area contributed by atoms with Crippen LogP contribution < -0.4 is 10.6 Å². The van der Waals surface area contributed by atoms with Crippen molar-refractivity contribution >= 4 is 35.8 Å². The molecule has 0 radical (unpaired) electrons. The predicted molar refractivity (Wildman–Crippen MR) is 112 cm³/mol. The molecule has 0 aromatic carbocycles. The van der Waals surface area contributed by atoms with Gasteiger partial charge in [0.05, 0.1) is 6.54 Å². The summed E-state index contributed by atoms with van der Waals surface area (Å²) in [4.78, 5) is 21.1. The van der Waals surface area contributed by atoms with Gasteiger partial charge in [0.15, 0.2) is 5.96 Å². The third-order valence-corrected chi connectivity index (χ3v) is 5.85. The summed E-state index contributed by atoms with van der Waals surface area (Å²) < 4.78 is 0. The Morgan fingerprint density at radius 2 is 1.88 bits per heavy atom. The van der Waals surface area contributed by atoms with Gasteiger partial charge >= 0.3 is 0 Å². The van der Waals surface area contributed by atoms with Crippen molar-refractivity contribution in [2.75, 3.05) is 39.8 Å². The maximum absolute atomic E-state index is 11.8. The Hall–Kier alpha value is -0.570. The molecule has 144 valence electrons. The van der Waals surface area contributed by atoms with Crippen molar-refractivity contribution in [3.8, 4) is 0 Å². The minimum absolute atomic E-state index is 0. The first kappa shape index (κ1) is 20.7. The highest BCUT2D eigenvalue weighted by molar-refractivity contribution is 14.0. The third kappa shape index (κ3) is 5.21. The van der Waals surface area contributed by atoms with E-state index < -0.39 is 0 Å². The van der Waals surface area contributed by atoms with Crippen LogP contribution in [0.4, 0.5) is 0 Å². The molecule has 7 heteroatoms. The van der Waals surface area contributed by atoms with Crippen molar-refractivity contribution in [1.82, 2.24) is 20.4 Å². The standard InChI is InChI=1S/C18H33N5O.HI/c1-13(2)21-17(24)12-20-18(19-3)23-8-6-22(7-9-23)16-11-14-4-5-15(16)10-14;/h13-16H,4-12H2,1-3H3,(H,19,20)(H,21,24);1H. The van der Waals surface area contributed by atoms with Gasteiger partial charge in [-0.1, -0.05) is 6.42 Å². The SMILES string of the molecule is CN=C(NCC(=O)NC(C)C)N1CCN(C2CC3CCC2C3)CC1.I. The van der Waals surface area contributed by atoms with Crippen LogP contribution in [0.5, 0.6) is 0 Å². The molecule has 3 atom stereocenters. The van der Waals surface area contributed by atoms with Gasteiger partial charge in [-0.25, -0.2) is 0 Å². The second kappa shape index (κ2) is 9.39. The number of halogens is 1. The van der Waals surface area contributed by atoms with E-state index >= 15 is 0 Å². The van der Waals surface area contributed by atoms with Crippen molar-refractivity contribution in [3.05, 3.63) is 0 Å². The summed E-state index contributed by atoms with van der Waals surface area (Å²) in [6.45, 7) is 8.47. The molecule has 2 saturated carbocycles. The molecule has 6 nitrogen and oxygen atoms in total. The van der Waals surface area contributed by atoms with Crippen molar-refractivity contribution in [2.24, 2.45) is 16.8 Å². The molecule has 2 aliphatic carbocycles. The molecule has 1 heterocycles. The molecular formula is C18H34IN5O. The van der Waals surface area contributed by atoms with Crippen LogP contribution in [-0.4, -0.2) is 73.5 Å². The molecular weight excluding hydrogens is 429 g/mol. The lowest BCUT2D eigenvalue weighted by Gasteiger charge is -2.41. The average molecular weight is 463 g/mol. The van der Waals surface area contributed by atoms with Gasteiger partial charge in [0, 0.05) is 45.3 Å². The minimum Gasteiger partial charge on any atom is -0.352 e. The Bertz CT molecular complexity index is 476. The number of amides is 1. The van der Waals surface area contributed by atoms with Crippen LogP contribution in [0, 0.1) is 11.8 Å². The average Bonchev–Trinajstić information content (AvgIpc) is 3.18. The number of piperazine rings is 1. The number of fused-ring (bicyclic) bond motifs is 2. The topological polar surface area (TPSA) is 60.0 Å². The van der Waals surface area contributed by atoms with Crippen LogP contribution in [0.15, 0.2) is 4.99 Å². The molecule has 1 amide bonds. The van der Waals surface area contributed by atoms with Crippen LogP contribution in [-0.2, 0) is 4.79 Å². The summed E-state index contributed by atoms with van der Waals surface area (Å²) in [6, 6.07) is 1.00. The molecule has 0 aromatic heterocycles. The van der Waals surface area contributed by atoms with E-state index in [0.29, 0.717) is 0 Å². The highest BCUT2D eigenvalue weighted by atomic mass is 127. The second-order valence-corrected chi connectivity index (χ2v) is 7.89. The van der Waals surface area contributed by atoms with Crippen LogP contribution in [0.25, 0.3) is 0 Å². The molecule has 0 spiro atoms. The fraction of sp³-hybridized carbons (Fsp3) is 0.889. The fourth-order valence-corrected chi connectivity index (χ4v) is 4.79. The van der Waals surface area contributed by atoms with E-state index in [9.17, 15) is 4.79 Å². The molecule has 1 aliphatic heterocycles. The first-order valence-corrected chi connectivity index (χ1v) is 9.55. The van der Waals surface area contributed by atoms with E-state index in [1.165, 1.54) is 25.7 Å². The quantitative estimate of drug-likeness (QED) is 0.377. The molecule has 1 saturated heterocycles. The number of hydrogen-bond acceptors (Lipinski definition) is 3. The van der Waals surface area contributed by atoms with E-state index in [1.807, 2.05) is 13.8 Å². The Balaban J connectivity index is 0.00000225. The van der Waals surface area contributed by atoms with Gasteiger partial charge in [-0.05, 0) is 44.9 Å². The summed E-state index contributed by atoms with van der Waals surface area (Å²) in [6.07, 6.45) is 5.81. The normalized spacial score (nSPS) is 29.7. The number of aliphatic imine (C=N–C) groups is 1. The fourth-order valence-electron chi connectivity index (χ4n) is 4.79. The van der Waals surface area contributed by atoms with Gasteiger partial charge in [0.25, 0.3) is 0 Å². The van der Waals surface area contributed by atoms with Gasteiger partial charge in [0.2, 0.25) is 5.91 Å². The highest BCUT2D eigenvalue weighted by Gasteiger charge is 2.42. The summed E-state index contributed by atoms with van der Waals surface area (Å²) in [5, 5.41) is 6.10. The van der Waals surface area contributed by atoms with Gasteiger partial charge < -0.3 is 15.5 Å². The Labute approximate surface area is 169 Å². The smallest absolute Gasteiger partial charge is 0.239 e. The maximum Gasteiger partial charge on any atom is 0.239 e. The Kier molecular flexibility index (Phi) is 7.79. The van der Waals surface area contributed by atoms with Gasteiger partial charge in [0.1, 0.15) is 0 Å². The van der Waals surface area contributed by atoms with Gasteiger partial charge in [-0.3, -0.25) is 14.7 Å². The monoisotopic (exact) mass is 463 g/mol.